The van der Waals surface area contributed by atoms with E-state index >= 15 is 0 Å². The third kappa shape index (κ3) is 4.82. The predicted molar refractivity (Wildman–Crippen MR) is 112 cm³/mol. The highest BCUT2D eigenvalue weighted by molar-refractivity contribution is 7.92. The van der Waals surface area contributed by atoms with E-state index in [2.05, 4.69) is 9.71 Å². The second-order valence-electron chi connectivity index (χ2n) is 7.94. The highest BCUT2D eigenvalue weighted by Crippen LogP contribution is 2.35. The van der Waals surface area contributed by atoms with E-state index in [0.717, 1.165) is 5.56 Å². The molecule has 9 heteroatoms. The Morgan fingerprint density at radius 1 is 1.28 bits per heavy atom. The third-order valence-corrected chi connectivity index (χ3v) is 6.19. The number of benzene rings is 1. The molecule has 2 aromatic rings. The molecule has 1 aliphatic rings. The fourth-order valence-electron chi connectivity index (χ4n) is 3.13. The first-order valence-corrected chi connectivity index (χ1v) is 11.1. The molecule has 0 aliphatic carbocycles. The van der Waals surface area contributed by atoms with Gasteiger partial charge in [-0.15, -0.1) is 0 Å². The minimum Gasteiger partial charge on any atom is -0.444 e. The van der Waals surface area contributed by atoms with Crippen LogP contribution in [0.15, 0.2) is 35.5 Å². The number of fused-ring (bicyclic) bond motifs is 1. The number of anilines is 1. The summed E-state index contributed by atoms with van der Waals surface area (Å²) in [7, 11) is -3.95. The van der Waals surface area contributed by atoms with Crippen LogP contribution in [0.3, 0.4) is 0 Å². The molecule has 1 amide bonds. The van der Waals surface area contributed by atoms with Crippen molar-refractivity contribution in [3.63, 3.8) is 0 Å². The SMILES string of the molecule is Cc1cccnc1S(=O)(=O)Nc1c(Cl)ccc2c1CN(C(=O)OC(C)(C)C)CC2. The van der Waals surface area contributed by atoms with E-state index < -0.39 is 21.7 Å². The molecule has 156 valence electrons. The quantitative estimate of drug-likeness (QED) is 0.779. The highest BCUT2D eigenvalue weighted by Gasteiger charge is 2.29. The molecule has 0 spiro atoms. The van der Waals surface area contributed by atoms with Crippen LogP contribution in [0.4, 0.5) is 10.5 Å². The number of amides is 1. The average Bonchev–Trinajstić information content (AvgIpc) is 2.62. The highest BCUT2D eigenvalue weighted by atomic mass is 35.5. The van der Waals surface area contributed by atoms with Crippen molar-refractivity contribution in [1.82, 2.24) is 9.88 Å². The molecule has 3 rings (SSSR count). The molecule has 29 heavy (non-hydrogen) atoms. The number of sulfonamides is 1. The van der Waals surface area contributed by atoms with Gasteiger partial charge in [-0.25, -0.2) is 9.78 Å². The molecular formula is C20H24ClN3O4S. The number of nitrogens with zero attached hydrogens (tertiary/aromatic N) is 2. The van der Waals surface area contributed by atoms with E-state index in [4.69, 9.17) is 16.3 Å². The van der Waals surface area contributed by atoms with Crippen LogP contribution in [0.25, 0.3) is 0 Å². The van der Waals surface area contributed by atoms with Crippen LogP contribution < -0.4 is 4.72 Å². The molecule has 0 fully saturated rings. The van der Waals surface area contributed by atoms with Crippen LogP contribution in [-0.2, 0) is 27.7 Å². The summed E-state index contributed by atoms with van der Waals surface area (Å²) in [5.74, 6) is 0. The molecule has 1 aliphatic heterocycles. The first kappa shape index (κ1) is 21.4. The minimum absolute atomic E-state index is 0.0616. The van der Waals surface area contributed by atoms with Crippen molar-refractivity contribution in [2.45, 2.75) is 51.3 Å². The lowest BCUT2D eigenvalue weighted by atomic mass is 9.98. The smallest absolute Gasteiger partial charge is 0.410 e. The van der Waals surface area contributed by atoms with Gasteiger partial charge in [-0.3, -0.25) is 4.72 Å². The topological polar surface area (TPSA) is 88.6 Å². The van der Waals surface area contributed by atoms with Gasteiger partial charge in [0.1, 0.15) is 5.60 Å². The number of hydrogen-bond acceptors (Lipinski definition) is 5. The van der Waals surface area contributed by atoms with E-state index in [1.54, 1.807) is 50.8 Å². The maximum atomic E-state index is 12.9. The van der Waals surface area contributed by atoms with E-state index in [9.17, 15) is 13.2 Å². The maximum absolute atomic E-state index is 12.9. The van der Waals surface area contributed by atoms with Gasteiger partial charge < -0.3 is 9.64 Å². The average molecular weight is 438 g/mol. The van der Waals surface area contributed by atoms with Gasteiger partial charge >= 0.3 is 6.09 Å². The predicted octanol–water partition coefficient (Wildman–Crippen LogP) is 4.14. The molecule has 1 aromatic carbocycles. The summed E-state index contributed by atoms with van der Waals surface area (Å²) in [6, 6.07) is 6.86. The van der Waals surface area contributed by atoms with Crippen molar-refractivity contribution < 1.29 is 17.9 Å². The molecule has 1 N–H and O–H groups in total. The van der Waals surface area contributed by atoms with Crippen LogP contribution in [0, 0.1) is 6.92 Å². The van der Waals surface area contributed by atoms with E-state index in [1.165, 1.54) is 6.20 Å². The third-order valence-electron chi connectivity index (χ3n) is 4.46. The number of hydrogen-bond donors (Lipinski definition) is 1. The van der Waals surface area contributed by atoms with Gasteiger partial charge in [0.2, 0.25) is 0 Å². The van der Waals surface area contributed by atoms with Gasteiger partial charge in [0.15, 0.2) is 5.03 Å². The molecule has 0 atom stereocenters. The summed E-state index contributed by atoms with van der Waals surface area (Å²) in [5.41, 5.74) is 1.77. The molecule has 0 saturated heterocycles. The lowest BCUT2D eigenvalue weighted by Gasteiger charge is -2.32. The first-order chi connectivity index (χ1) is 13.5. The van der Waals surface area contributed by atoms with Crippen molar-refractivity contribution in [2.24, 2.45) is 0 Å². The van der Waals surface area contributed by atoms with Crippen LogP contribution in [-0.4, -0.2) is 36.5 Å². The fraction of sp³-hybridized carbons (Fsp3) is 0.400. The summed E-state index contributed by atoms with van der Waals surface area (Å²) >= 11 is 6.35. The minimum atomic E-state index is -3.95. The molecule has 0 saturated carbocycles. The number of pyridine rings is 1. The molecular weight excluding hydrogens is 414 g/mol. The van der Waals surface area contributed by atoms with Gasteiger partial charge in [-0.1, -0.05) is 23.7 Å². The zero-order valence-electron chi connectivity index (χ0n) is 16.8. The number of aryl methyl sites for hydroxylation is 1. The van der Waals surface area contributed by atoms with Crippen LogP contribution in [0.5, 0.6) is 0 Å². The van der Waals surface area contributed by atoms with Crippen molar-refractivity contribution in [2.75, 3.05) is 11.3 Å². The van der Waals surface area contributed by atoms with Gasteiger partial charge in [0.25, 0.3) is 10.0 Å². The molecule has 0 radical (unpaired) electrons. The van der Waals surface area contributed by atoms with Crippen molar-refractivity contribution >= 4 is 33.4 Å². The van der Waals surface area contributed by atoms with Crippen molar-refractivity contribution in [1.29, 1.82) is 0 Å². The van der Waals surface area contributed by atoms with Crippen LogP contribution in [0.1, 0.15) is 37.5 Å². The first-order valence-electron chi connectivity index (χ1n) is 9.20. The Bertz CT molecular complexity index is 1050. The summed E-state index contributed by atoms with van der Waals surface area (Å²) in [5, 5.41) is 0.195. The molecule has 2 heterocycles. The summed E-state index contributed by atoms with van der Waals surface area (Å²) in [4.78, 5) is 18.0. The Morgan fingerprint density at radius 3 is 2.66 bits per heavy atom. The normalized spacial score (nSPS) is 14.3. The molecule has 0 unspecified atom stereocenters. The lowest BCUT2D eigenvalue weighted by Crippen LogP contribution is -2.40. The largest absolute Gasteiger partial charge is 0.444 e. The van der Waals surface area contributed by atoms with Gasteiger partial charge in [0.05, 0.1) is 17.3 Å². The number of halogens is 1. The van der Waals surface area contributed by atoms with Crippen molar-refractivity contribution in [3.05, 3.63) is 52.2 Å². The van der Waals surface area contributed by atoms with Crippen molar-refractivity contribution in [3.8, 4) is 0 Å². The molecule has 0 bridgehead atoms. The Balaban J connectivity index is 1.95. The second-order valence-corrected chi connectivity index (χ2v) is 9.95. The zero-order chi connectivity index (χ0) is 21.4. The van der Waals surface area contributed by atoms with Crippen LogP contribution in [0.2, 0.25) is 5.02 Å². The number of carbonyl (C=O) groups is 1. The maximum Gasteiger partial charge on any atom is 0.410 e. The number of nitrogens with one attached hydrogen (secondary N) is 1. The number of aromatic nitrogens is 1. The number of rotatable bonds is 3. The van der Waals surface area contributed by atoms with Crippen LogP contribution >= 0.6 is 11.6 Å². The summed E-state index contributed by atoms with van der Waals surface area (Å²) in [6.07, 6.45) is 1.55. The molecule has 7 nitrogen and oxygen atoms in total. The zero-order valence-corrected chi connectivity index (χ0v) is 18.4. The van der Waals surface area contributed by atoms with Gasteiger partial charge in [-0.2, -0.15) is 8.42 Å². The Morgan fingerprint density at radius 2 is 2.00 bits per heavy atom. The number of carbonyl (C=O) groups excluding carboxylic acids is 1. The Labute approximate surface area is 176 Å². The standard InChI is InChI=1S/C20H24ClN3O4S/c1-13-6-5-10-22-18(13)29(26,27)23-17-15-12-24(19(25)28-20(2,3)4)11-9-14(15)7-8-16(17)21/h5-8,10,23H,9,11-12H2,1-4H3. The Kier molecular flexibility index (Phi) is 5.78. The van der Waals surface area contributed by atoms with Gasteiger partial charge in [0, 0.05) is 18.3 Å². The van der Waals surface area contributed by atoms with E-state index in [0.29, 0.717) is 24.1 Å². The summed E-state index contributed by atoms with van der Waals surface area (Å²) < 4.78 is 33.9. The summed E-state index contributed by atoms with van der Waals surface area (Å²) in [6.45, 7) is 7.75. The second kappa shape index (κ2) is 7.84. The number of ether oxygens (including phenoxy) is 1. The lowest BCUT2D eigenvalue weighted by molar-refractivity contribution is 0.0224. The molecule has 1 aromatic heterocycles. The fourth-order valence-corrected chi connectivity index (χ4v) is 4.70. The monoisotopic (exact) mass is 437 g/mol. The Hall–Kier alpha value is -2.32. The van der Waals surface area contributed by atoms with E-state index in [-0.39, 0.29) is 22.3 Å². The van der Waals surface area contributed by atoms with Gasteiger partial charge in [-0.05, 0) is 57.4 Å². The van der Waals surface area contributed by atoms with E-state index in [1.807, 2.05) is 6.07 Å².